The minimum absolute atomic E-state index is 0.0672. The number of carbonyl (C=O) groups excluding carboxylic acids is 1. The lowest BCUT2D eigenvalue weighted by molar-refractivity contribution is 0.151. The van der Waals surface area contributed by atoms with Crippen molar-refractivity contribution in [3.05, 3.63) is 48.7 Å². The molecule has 2 amide bonds. The number of urea groups is 1. The number of likely N-dealkylation sites (tertiary alicyclic amines) is 1. The van der Waals surface area contributed by atoms with Gasteiger partial charge >= 0.3 is 6.03 Å². The quantitative estimate of drug-likeness (QED) is 0.859. The third kappa shape index (κ3) is 4.84. The number of rotatable bonds is 5. The molecule has 1 atom stereocenters. The third-order valence-corrected chi connectivity index (χ3v) is 5.70. The summed E-state index contributed by atoms with van der Waals surface area (Å²) < 4.78 is 5.46. The van der Waals surface area contributed by atoms with Crippen LogP contribution in [-0.2, 0) is 6.54 Å². The predicted octanol–water partition coefficient (Wildman–Crippen LogP) is 2.42. The van der Waals surface area contributed by atoms with Crippen LogP contribution in [-0.4, -0.2) is 66.6 Å². The molecule has 1 N–H and O–H groups in total. The summed E-state index contributed by atoms with van der Waals surface area (Å²) in [6.45, 7) is 6.94. The second-order valence-electron chi connectivity index (χ2n) is 7.69. The molecule has 4 rings (SSSR count). The van der Waals surface area contributed by atoms with Crippen LogP contribution in [0.15, 0.2) is 47.3 Å². The highest BCUT2D eigenvalue weighted by atomic mass is 16.3. The van der Waals surface area contributed by atoms with Crippen LogP contribution in [0.4, 0.5) is 10.5 Å². The van der Waals surface area contributed by atoms with Gasteiger partial charge in [-0.2, -0.15) is 0 Å². The number of carbonyl (C=O) groups is 1. The molecule has 2 saturated heterocycles. The smallest absolute Gasteiger partial charge is 0.317 e. The van der Waals surface area contributed by atoms with E-state index in [1.165, 1.54) is 18.5 Å². The molecule has 0 radical (unpaired) electrons. The molecule has 2 aromatic rings. The van der Waals surface area contributed by atoms with Crippen molar-refractivity contribution in [3.63, 3.8) is 0 Å². The number of pyridine rings is 1. The lowest BCUT2D eigenvalue weighted by Crippen LogP contribution is -2.53. The SMILES string of the molecule is O=C(NC[C@H]1CCCN(Cc2ccco2)C1)N1CCN(c2ccncc2)CC1. The standard InChI is InChI=1S/C21H29N5O2/c27-21(26-12-10-25(11-13-26)19-5-7-22-8-6-19)23-15-18-3-1-9-24(16-18)17-20-4-2-14-28-20/h2,4-8,14,18H,1,3,9-13,15-17H2,(H,23,27)/t18-/m1/s1. The highest BCUT2D eigenvalue weighted by Gasteiger charge is 2.24. The zero-order valence-corrected chi connectivity index (χ0v) is 16.3. The van der Waals surface area contributed by atoms with Crippen molar-refractivity contribution in [3.8, 4) is 0 Å². The highest BCUT2D eigenvalue weighted by molar-refractivity contribution is 5.74. The van der Waals surface area contributed by atoms with Crippen molar-refractivity contribution in [2.45, 2.75) is 19.4 Å². The highest BCUT2D eigenvalue weighted by Crippen LogP contribution is 2.19. The van der Waals surface area contributed by atoms with E-state index in [1.807, 2.05) is 41.6 Å². The number of piperidine rings is 1. The molecule has 0 spiro atoms. The molecule has 7 heteroatoms. The molecule has 2 fully saturated rings. The topological polar surface area (TPSA) is 64.9 Å². The van der Waals surface area contributed by atoms with Gasteiger partial charge in [0, 0.05) is 57.3 Å². The van der Waals surface area contributed by atoms with E-state index in [1.54, 1.807) is 6.26 Å². The zero-order valence-electron chi connectivity index (χ0n) is 16.3. The van der Waals surface area contributed by atoms with Crippen LogP contribution in [0.1, 0.15) is 18.6 Å². The van der Waals surface area contributed by atoms with Crippen LogP contribution < -0.4 is 10.2 Å². The first-order valence-corrected chi connectivity index (χ1v) is 10.2. The first-order valence-electron chi connectivity index (χ1n) is 10.2. The van der Waals surface area contributed by atoms with E-state index in [4.69, 9.17) is 4.42 Å². The van der Waals surface area contributed by atoms with Gasteiger partial charge in [-0.05, 0) is 49.6 Å². The van der Waals surface area contributed by atoms with E-state index >= 15 is 0 Å². The maximum atomic E-state index is 12.6. The van der Waals surface area contributed by atoms with Gasteiger partial charge in [-0.3, -0.25) is 9.88 Å². The molecular weight excluding hydrogens is 354 g/mol. The molecule has 150 valence electrons. The van der Waals surface area contributed by atoms with Gasteiger partial charge in [0.25, 0.3) is 0 Å². The third-order valence-electron chi connectivity index (χ3n) is 5.70. The monoisotopic (exact) mass is 383 g/mol. The van der Waals surface area contributed by atoms with E-state index in [-0.39, 0.29) is 6.03 Å². The summed E-state index contributed by atoms with van der Waals surface area (Å²) in [6.07, 6.45) is 7.70. The summed E-state index contributed by atoms with van der Waals surface area (Å²) in [6, 6.07) is 8.07. The Morgan fingerprint density at radius 3 is 2.71 bits per heavy atom. The average Bonchev–Trinajstić information content (AvgIpc) is 3.26. The van der Waals surface area contributed by atoms with Crippen LogP contribution in [0.2, 0.25) is 0 Å². The lowest BCUT2D eigenvalue weighted by Gasteiger charge is -2.37. The van der Waals surface area contributed by atoms with E-state index < -0.39 is 0 Å². The Hall–Kier alpha value is -2.54. The summed E-state index contributed by atoms with van der Waals surface area (Å²) in [7, 11) is 0. The van der Waals surface area contributed by atoms with Crippen molar-refractivity contribution < 1.29 is 9.21 Å². The Labute approximate surface area is 166 Å². The number of furan rings is 1. The second-order valence-corrected chi connectivity index (χ2v) is 7.69. The molecule has 0 aromatic carbocycles. The molecule has 0 aliphatic carbocycles. The van der Waals surface area contributed by atoms with Gasteiger partial charge in [0.1, 0.15) is 5.76 Å². The average molecular weight is 383 g/mol. The Morgan fingerprint density at radius 1 is 1.14 bits per heavy atom. The summed E-state index contributed by atoms with van der Waals surface area (Å²) in [5.74, 6) is 1.52. The number of nitrogens with one attached hydrogen (secondary N) is 1. The molecule has 2 aromatic heterocycles. The first kappa shape index (κ1) is 18.8. The van der Waals surface area contributed by atoms with Crippen LogP contribution in [0.3, 0.4) is 0 Å². The van der Waals surface area contributed by atoms with Crippen molar-refractivity contribution in [1.82, 2.24) is 20.1 Å². The van der Waals surface area contributed by atoms with Crippen molar-refractivity contribution in [1.29, 1.82) is 0 Å². The van der Waals surface area contributed by atoms with Gasteiger partial charge in [-0.25, -0.2) is 4.79 Å². The van der Waals surface area contributed by atoms with Crippen LogP contribution in [0.5, 0.6) is 0 Å². The Bertz CT molecular complexity index is 729. The molecule has 2 aliphatic heterocycles. The number of hydrogen-bond acceptors (Lipinski definition) is 5. The molecule has 7 nitrogen and oxygen atoms in total. The maximum absolute atomic E-state index is 12.6. The Balaban J connectivity index is 1.19. The van der Waals surface area contributed by atoms with Gasteiger partial charge < -0.3 is 19.5 Å². The van der Waals surface area contributed by atoms with Gasteiger partial charge in [0.2, 0.25) is 0 Å². The molecule has 4 heterocycles. The summed E-state index contributed by atoms with van der Waals surface area (Å²) in [4.78, 5) is 23.3. The van der Waals surface area contributed by atoms with E-state index in [0.717, 1.165) is 58.1 Å². The Kier molecular flexibility index (Phi) is 6.11. The number of amides is 2. The van der Waals surface area contributed by atoms with E-state index in [0.29, 0.717) is 5.92 Å². The minimum atomic E-state index is 0.0672. The van der Waals surface area contributed by atoms with Crippen LogP contribution in [0, 0.1) is 5.92 Å². The van der Waals surface area contributed by atoms with Crippen LogP contribution >= 0.6 is 0 Å². The van der Waals surface area contributed by atoms with Crippen LogP contribution in [0.25, 0.3) is 0 Å². The molecule has 28 heavy (non-hydrogen) atoms. The molecule has 2 aliphatic rings. The zero-order chi connectivity index (χ0) is 19.2. The number of piperazine rings is 1. The fourth-order valence-corrected chi connectivity index (χ4v) is 4.15. The maximum Gasteiger partial charge on any atom is 0.317 e. The number of anilines is 1. The Morgan fingerprint density at radius 2 is 1.96 bits per heavy atom. The molecule has 0 saturated carbocycles. The predicted molar refractivity (Wildman–Crippen MR) is 108 cm³/mol. The van der Waals surface area contributed by atoms with Crippen molar-refractivity contribution in [2.24, 2.45) is 5.92 Å². The largest absolute Gasteiger partial charge is 0.468 e. The lowest BCUT2D eigenvalue weighted by atomic mass is 9.98. The normalized spacial score (nSPS) is 20.9. The number of aromatic nitrogens is 1. The second kappa shape index (κ2) is 9.10. The van der Waals surface area contributed by atoms with Crippen molar-refractivity contribution in [2.75, 3.05) is 50.7 Å². The molecule has 0 bridgehead atoms. The van der Waals surface area contributed by atoms with E-state index in [9.17, 15) is 4.79 Å². The fourth-order valence-electron chi connectivity index (χ4n) is 4.15. The molecule has 0 unspecified atom stereocenters. The van der Waals surface area contributed by atoms with Gasteiger partial charge in [0.05, 0.1) is 12.8 Å². The number of hydrogen-bond donors (Lipinski definition) is 1. The van der Waals surface area contributed by atoms with Crippen molar-refractivity contribution >= 4 is 11.7 Å². The summed E-state index contributed by atoms with van der Waals surface area (Å²) in [5, 5.41) is 3.16. The van der Waals surface area contributed by atoms with Gasteiger partial charge in [0.15, 0.2) is 0 Å². The number of nitrogens with zero attached hydrogens (tertiary/aromatic N) is 4. The summed E-state index contributed by atoms with van der Waals surface area (Å²) >= 11 is 0. The van der Waals surface area contributed by atoms with Gasteiger partial charge in [-0.1, -0.05) is 0 Å². The fraction of sp³-hybridized carbons (Fsp3) is 0.524. The first-order chi connectivity index (χ1) is 13.8. The minimum Gasteiger partial charge on any atom is -0.468 e. The van der Waals surface area contributed by atoms with E-state index in [2.05, 4.69) is 20.1 Å². The molecular formula is C21H29N5O2. The summed E-state index contributed by atoms with van der Waals surface area (Å²) in [5.41, 5.74) is 1.17. The van der Waals surface area contributed by atoms with Gasteiger partial charge in [-0.15, -0.1) is 0 Å².